The summed E-state index contributed by atoms with van der Waals surface area (Å²) in [5.41, 5.74) is 0. The van der Waals surface area contributed by atoms with Crippen molar-refractivity contribution in [3.63, 3.8) is 0 Å². The maximum Gasteiger partial charge on any atom is 0.0831 e. The SMILES string of the molecule is CC(C)C1N=CNC1C(C)C.N. The fourth-order valence-electron chi connectivity index (χ4n) is 1.58. The van der Waals surface area contributed by atoms with Crippen molar-refractivity contribution in [3.05, 3.63) is 0 Å². The van der Waals surface area contributed by atoms with Gasteiger partial charge in [-0.2, -0.15) is 0 Å². The fraction of sp³-hybridized carbons (Fsp3) is 0.889. The second-order valence-corrected chi connectivity index (χ2v) is 3.95. The number of hydrogen-bond acceptors (Lipinski definition) is 3. The van der Waals surface area contributed by atoms with Crippen LogP contribution in [0.4, 0.5) is 0 Å². The number of nitrogens with one attached hydrogen (secondary N) is 1. The van der Waals surface area contributed by atoms with Crippen LogP contribution in [-0.4, -0.2) is 18.4 Å². The van der Waals surface area contributed by atoms with Gasteiger partial charge in [-0.15, -0.1) is 0 Å². The van der Waals surface area contributed by atoms with E-state index in [-0.39, 0.29) is 6.15 Å². The van der Waals surface area contributed by atoms with Gasteiger partial charge in [0.05, 0.1) is 18.4 Å². The van der Waals surface area contributed by atoms with E-state index < -0.39 is 0 Å². The molecule has 0 saturated heterocycles. The van der Waals surface area contributed by atoms with Gasteiger partial charge in [0.15, 0.2) is 0 Å². The van der Waals surface area contributed by atoms with Crippen molar-refractivity contribution in [2.24, 2.45) is 16.8 Å². The van der Waals surface area contributed by atoms with Gasteiger partial charge in [0.2, 0.25) is 0 Å². The number of rotatable bonds is 2. The molecule has 0 aromatic heterocycles. The Bertz CT molecular complexity index is 152. The van der Waals surface area contributed by atoms with Crippen molar-refractivity contribution in [2.45, 2.75) is 39.8 Å². The van der Waals surface area contributed by atoms with E-state index in [1.54, 1.807) is 0 Å². The minimum Gasteiger partial charge on any atom is -0.371 e. The zero-order valence-electron chi connectivity index (χ0n) is 8.54. The molecule has 1 aliphatic rings. The molecule has 0 spiro atoms. The number of nitrogens with zero attached hydrogens (tertiary/aromatic N) is 1. The van der Waals surface area contributed by atoms with Crippen LogP contribution in [0.1, 0.15) is 27.7 Å². The molecule has 2 atom stereocenters. The summed E-state index contributed by atoms with van der Waals surface area (Å²) < 4.78 is 0. The summed E-state index contributed by atoms with van der Waals surface area (Å²) in [5, 5.41) is 3.30. The van der Waals surface area contributed by atoms with Crippen LogP contribution in [0.25, 0.3) is 0 Å². The lowest BCUT2D eigenvalue weighted by molar-refractivity contribution is 0.348. The molecular weight excluding hydrogens is 150 g/mol. The van der Waals surface area contributed by atoms with E-state index in [2.05, 4.69) is 38.0 Å². The summed E-state index contributed by atoms with van der Waals surface area (Å²) in [6.45, 7) is 8.93. The summed E-state index contributed by atoms with van der Waals surface area (Å²) in [7, 11) is 0. The first-order valence-corrected chi connectivity index (χ1v) is 4.40. The van der Waals surface area contributed by atoms with Crippen LogP contribution in [0.15, 0.2) is 4.99 Å². The van der Waals surface area contributed by atoms with Gasteiger partial charge in [-0.3, -0.25) is 4.99 Å². The van der Waals surface area contributed by atoms with Gasteiger partial charge in [-0.1, -0.05) is 27.7 Å². The Morgan fingerprint density at radius 1 is 1.17 bits per heavy atom. The summed E-state index contributed by atoms with van der Waals surface area (Å²) in [5.74, 6) is 1.32. The normalized spacial score (nSPS) is 27.5. The first-order chi connectivity index (χ1) is 5.13. The lowest BCUT2D eigenvalue weighted by Crippen LogP contribution is -2.39. The molecule has 3 heteroatoms. The average Bonchev–Trinajstić information content (AvgIpc) is 2.32. The van der Waals surface area contributed by atoms with Gasteiger partial charge >= 0.3 is 0 Å². The maximum atomic E-state index is 4.40. The summed E-state index contributed by atoms with van der Waals surface area (Å²) >= 11 is 0. The Balaban J connectivity index is 0.00000121. The predicted molar refractivity (Wildman–Crippen MR) is 53.9 cm³/mol. The third kappa shape index (κ3) is 2.21. The van der Waals surface area contributed by atoms with Crippen LogP contribution in [0.5, 0.6) is 0 Å². The third-order valence-corrected chi connectivity index (χ3v) is 2.28. The van der Waals surface area contributed by atoms with E-state index >= 15 is 0 Å². The Labute approximate surface area is 75.2 Å². The Morgan fingerprint density at radius 3 is 2.08 bits per heavy atom. The molecule has 0 aromatic rings. The van der Waals surface area contributed by atoms with Crippen LogP contribution in [0.3, 0.4) is 0 Å². The molecule has 0 fully saturated rings. The van der Waals surface area contributed by atoms with Crippen molar-refractivity contribution in [3.8, 4) is 0 Å². The van der Waals surface area contributed by atoms with Gasteiger partial charge in [0, 0.05) is 0 Å². The van der Waals surface area contributed by atoms with E-state index in [0.717, 1.165) is 0 Å². The zero-order valence-corrected chi connectivity index (χ0v) is 8.54. The van der Waals surface area contributed by atoms with Crippen molar-refractivity contribution in [1.29, 1.82) is 0 Å². The highest BCUT2D eigenvalue weighted by atomic mass is 15.1. The molecule has 0 amide bonds. The van der Waals surface area contributed by atoms with Crippen LogP contribution in [0, 0.1) is 11.8 Å². The number of hydrogen-bond donors (Lipinski definition) is 2. The molecule has 0 radical (unpaired) electrons. The van der Waals surface area contributed by atoms with E-state index in [4.69, 9.17) is 0 Å². The fourth-order valence-corrected chi connectivity index (χ4v) is 1.58. The van der Waals surface area contributed by atoms with Gasteiger partial charge in [0.25, 0.3) is 0 Å². The molecule has 72 valence electrons. The molecule has 0 saturated carbocycles. The molecule has 3 nitrogen and oxygen atoms in total. The Kier molecular flexibility index (Phi) is 4.24. The highest BCUT2D eigenvalue weighted by Gasteiger charge is 2.28. The van der Waals surface area contributed by atoms with E-state index in [9.17, 15) is 0 Å². The quantitative estimate of drug-likeness (QED) is 0.666. The van der Waals surface area contributed by atoms with Crippen molar-refractivity contribution in [1.82, 2.24) is 11.5 Å². The van der Waals surface area contributed by atoms with E-state index in [1.165, 1.54) is 0 Å². The van der Waals surface area contributed by atoms with Crippen LogP contribution in [0.2, 0.25) is 0 Å². The largest absolute Gasteiger partial charge is 0.371 e. The molecule has 4 N–H and O–H groups in total. The monoisotopic (exact) mass is 171 g/mol. The van der Waals surface area contributed by atoms with Crippen molar-refractivity contribution >= 4 is 6.34 Å². The Morgan fingerprint density at radius 2 is 1.75 bits per heavy atom. The highest BCUT2D eigenvalue weighted by molar-refractivity contribution is 5.58. The molecule has 2 unspecified atom stereocenters. The topological polar surface area (TPSA) is 59.4 Å². The average molecular weight is 171 g/mol. The highest BCUT2D eigenvalue weighted by Crippen LogP contribution is 2.19. The molecule has 1 heterocycles. The van der Waals surface area contributed by atoms with Gasteiger partial charge in [-0.05, 0) is 11.8 Å². The van der Waals surface area contributed by atoms with Gasteiger partial charge in [0.1, 0.15) is 0 Å². The Hall–Kier alpha value is -0.570. The van der Waals surface area contributed by atoms with Gasteiger partial charge in [-0.25, -0.2) is 0 Å². The van der Waals surface area contributed by atoms with E-state index in [0.29, 0.717) is 23.9 Å². The minimum atomic E-state index is 0. The van der Waals surface area contributed by atoms with Crippen molar-refractivity contribution in [2.75, 3.05) is 0 Å². The summed E-state index contributed by atoms with van der Waals surface area (Å²) in [6.07, 6.45) is 1.86. The zero-order chi connectivity index (χ0) is 8.43. The summed E-state index contributed by atoms with van der Waals surface area (Å²) in [6, 6.07) is 1.03. The van der Waals surface area contributed by atoms with Crippen LogP contribution < -0.4 is 11.5 Å². The minimum absolute atomic E-state index is 0. The predicted octanol–water partition coefficient (Wildman–Crippen LogP) is 1.83. The standard InChI is InChI=1S/C9H18N2.H3N/c1-6(2)8-9(7(3)4)11-5-10-8;/h5-9H,1-4H3,(H,10,11);1H3. The lowest BCUT2D eigenvalue weighted by Gasteiger charge is -2.24. The molecule has 0 aliphatic carbocycles. The maximum absolute atomic E-state index is 4.40. The molecular formula is C9H21N3. The number of aliphatic imine (C=N–C) groups is 1. The lowest BCUT2D eigenvalue weighted by atomic mass is 9.90. The summed E-state index contributed by atoms with van der Waals surface area (Å²) in [4.78, 5) is 4.40. The molecule has 12 heavy (non-hydrogen) atoms. The second kappa shape index (κ2) is 4.45. The second-order valence-electron chi connectivity index (χ2n) is 3.95. The van der Waals surface area contributed by atoms with Crippen LogP contribution >= 0.6 is 0 Å². The van der Waals surface area contributed by atoms with Crippen molar-refractivity contribution < 1.29 is 0 Å². The first-order valence-electron chi connectivity index (χ1n) is 4.40. The molecule has 0 aromatic carbocycles. The molecule has 0 bridgehead atoms. The smallest absolute Gasteiger partial charge is 0.0831 e. The van der Waals surface area contributed by atoms with Gasteiger partial charge < -0.3 is 11.5 Å². The first kappa shape index (κ1) is 11.4. The van der Waals surface area contributed by atoms with Crippen LogP contribution in [-0.2, 0) is 0 Å². The third-order valence-electron chi connectivity index (χ3n) is 2.28. The molecule has 1 rings (SSSR count). The molecule has 1 aliphatic heterocycles. The van der Waals surface area contributed by atoms with E-state index in [1.807, 2.05) is 6.34 Å².